The Morgan fingerprint density at radius 1 is 1.00 bits per heavy atom. The zero-order valence-electron chi connectivity index (χ0n) is 21.2. The number of nitrogens with zero attached hydrogens (tertiary/aromatic N) is 3. The Kier molecular flexibility index (Phi) is 9.43. The van der Waals surface area contributed by atoms with E-state index in [-0.39, 0.29) is 12.2 Å². The van der Waals surface area contributed by atoms with Crippen LogP contribution in [-0.2, 0) is 0 Å². The van der Waals surface area contributed by atoms with E-state index in [0.29, 0.717) is 21.8 Å². The molecule has 1 aliphatic rings. The first-order valence-electron chi connectivity index (χ1n) is 12.1. The largest absolute Gasteiger partial charge is 0.372 e. The molecule has 1 fully saturated rings. The monoisotopic (exact) mass is 515 g/mol. The van der Waals surface area contributed by atoms with E-state index in [1.165, 1.54) is 19.1 Å². The third kappa shape index (κ3) is 6.41. The smallest absolute Gasteiger partial charge is 0.129 e. The van der Waals surface area contributed by atoms with Crippen LogP contribution in [-0.4, -0.2) is 47.6 Å². The number of halogens is 4. The van der Waals surface area contributed by atoms with Gasteiger partial charge in [0.05, 0.1) is 22.9 Å². The lowest BCUT2D eigenvalue weighted by Crippen LogP contribution is -2.44. The predicted octanol–water partition coefficient (Wildman–Crippen LogP) is 8.02. The Balaban J connectivity index is 0.000000658. The number of alkyl halides is 1. The molecule has 1 aromatic heterocycles. The normalized spacial score (nSPS) is 13.4. The molecule has 0 amide bonds. The summed E-state index contributed by atoms with van der Waals surface area (Å²) in [6.07, 6.45) is 1.69. The molecule has 0 bridgehead atoms. The standard InChI is InChI=1S/C25H24ClF2N3.C4H9F/c1-15(2)30-7-9-31(10-8-30)17(4)18-5-6-20-21(26)14-24(29-25(20)13-18)19-11-22(27)16(3)23(28)12-19;1-2-3-4-5/h5-6,11-14H,1,4,7-10H2,2-3H3;2-4H2,1H3. The second kappa shape index (κ2) is 12.3. The van der Waals surface area contributed by atoms with Crippen molar-refractivity contribution >= 4 is 28.2 Å². The Labute approximate surface area is 216 Å². The molecule has 2 aromatic carbocycles. The Morgan fingerprint density at radius 2 is 1.61 bits per heavy atom. The maximum atomic E-state index is 14.1. The lowest BCUT2D eigenvalue weighted by atomic mass is 10.0. The van der Waals surface area contributed by atoms with E-state index in [9.17, 15) is 13.2 Å². The van der Waals surface area contributed by atoms with Crippen molar-refractivity contribution in [1.29, 1.82) is 0 Å². The fourth-order valence-electron chi connectivity index (χ4n) is 3.98. The zero-order valence-corrected chi connectivity index (χ0v) is 21.9. The van der Waals surface area contributed by atoms with Crippen molar-refractivity contribution < 1.29 is 13.2 Å². The topological polar surface area (TPSA) is 19.4 Å². The van der Waals surface area contributed by atoms with E-state index in [2.05, 4.69) is 27.9 Å². The highest BCUT2D eigenvalue weighted by molar-refractivity contribution is 6.35. The van der Waals surface area contributed by atoms with Crippen LogP contribution in [0.2, 0.25) is 5.02 Å². The van der Waals surface area contributed by atoms with Crippen LogP contribution in [0, 0.1) is 18.6 Å². The summed E-state index contributed by atoms with van der Waals surface area (Å²) in [5.74, 6) is -1.21. The molecule has 3 nitrogen and oxygen atoms in total. The van der Waals surface area contributed by atoms with Crippen molar-refractivity contribution in [2.45, 2.75) is 33.6 Å². The first kappa shape index (κ1) is 27.6. The van der Waals surface area contributed by atoms with Gasteiger partial charge in [0.2, 0.25) is 0 Å². The number of piperazine rings is 1. The molecule has 3 aromatic rings. The summed E-state index contributed by atoms with van der Waals surface area (Å²) in [5, 5.41) is 1.26. The highest BCUT2D eigenvalue weighted by Crippen LogP contribution is 2.32. The maximum Gasteiger partial charge on any atom is 0.129 e. The van der Waals surface area contributed by atoms with E-state index in [1.54, 1.807) is 6.07 Å². The first-order chi connectivity index (χ1) is 17.2. The van der Waals surface area contributed by atoms with Gasteiger partial charge in [-0.3, -0.25) is 4.39 Å². The number of benzene rings is 2. The van der Waals surface area contributed by atoms with Crippen molar-refractivity contribution in [3.8, 4) is 11.3 Å². The van der Waals surface area contributed by atoms with Gasteiger partial charge in [-0.05, 0) is 50.1 Å². The van der Waals surface area contributed by atoms with Gasteiger partial charge in [0.1, 0.15) is 11.6 Å². The third-order valence-electron chi connectivity index (χ3n) is 6.36. The molecule has 36 heavy (non-hydrogen) atoms. The van der Waals surface area contributed by atoms with E-state index in [1.807, 2.05) is 32.0 Å². The van der Waals surface area contributed by atoms with Crippen molar-refractivity contribution in [2.24, 2.45) is 0 Å². The van der Waals surface area contributed by atoms with Crippen LogP contribution in [0.3, 0.4) is 0 Å². The first-order valence-corrected chi connectivity index (χ1v) is 12.5. The zero-order chi connectivity index (χ0) is 26.4. The van der Waals surface area contributed by atoms with Crippen molar-refractivity contribution in [3.63, 3.8) is 0 Å². The maximum absolute atomic E-state index is 14.1. The van der Waals surface area contributed by atoms with Gasteiger partial charge in [0, 0.05) is 54.1 Å². The molecule has 0 unspecified atom stereocenters. The molecule has 0 spiro atoms. The molecule has 0 N–H and O–H groups in total. The van der Waals surface area contributed by atoms with Crippen molar-refractivity contribution in [2.75, 3.05) is 32.9 Å². The molecule has 0 atom stereocenters. The molecular formula is C29H33ClF3N3. The molecule has 2 heterocycles. The molecule has 1 saturated heterocycles. The van der Waals surface area contributed by atoms with Gasteiger partial charge in [-0.2, -0.15) is 0 Å². The summed E-state index contributed by atoms with van der Waals surface area (Å²) < 4.78 is 39.1. The number of rotatable bonds is 6. The third-order valence-corrected chi connectivity index (χ3v) is 6.67. The number of unbranched alkanes of at least 4 members (excludes halogenated alkanes) is 1. The molecule has 0 aliphatic carbocycles. The van der Waals surface area contributed by atoms with Crippen LogP contribution in [0.1, 0.15) is 37.8 Å². The molecule has 7 heteroatoms. The SMILES string of the molecule is C=C(C)N1CCN(C(=C)c2ccc3c(Cl)cc(-c4cc(F)c(C)c(F)c4)nc3c2)CC1.CCCCF. The van der Waals surface area contributed by atoms with Crippen LogP contribution < -0.4 is 0 Å². The molecule has 4 rings (SSSR count). The van der Waals surface area contributed by atoms with Crippen LogP contribution >= 0.6 is 11.6 Å². The predicted molar refractivity (Wildman–Crippen MR) is 145 cm³/mol. The van der Waals surface area contributed by atoms with E-state index >= 15 is 0 Å². The number of allylic oxidation sites excluding steroid dienone is 1. The lowest BCUT2D eigenvalue weighted by Gasteiger charge is -2.38. The summed E-state index contributed by atoms with van der Waals surface area (Å²) in [7, 11) is 0. The quantitative estimate of drug-likeness (QED) is 0.331. The Hall–Kier alpha value is -2.99. The summed E-state index contributed by atoms with van der Waals surface area (Å²) in [6, 6.07) is 10.0. The molecule has 1 aliphatic heterocycles. The highest BCUT2D eigenvalue weighted by Gasteiger charge is 2.19. The molecular weight excluding hydrogens is 483 g/mol. The van der Waals surface area contributed by atoms with E-state index in [4.69, 9.17) is 11.6 Å². The average Bonchev–Trinajstić information content (AvgIpc) is 2.87. The van der Waals surface area contributed by atoms with Gasteiger partial charge in [-0.15, -0.1) is 0 Å². The van der Waals surface area contributed by atoms with Gasteiger partial charge < -0.3 is 9.80 Å². The van der Waals surface area contributed by atoms with Gasteiger partial charge in [0.25, 0.3) is 0 Å². The summed E-state index contributed by atoms with van der Waals surface area (Å²) in [6.45, 7) is 17.1. The van der Waals surface area contributed by atoms with Crippen molar-refractivity contribution in [1.82, 2.24) is 14.8 Å². The van der Waals surface area contributed by atoms with E-state index < -0.39 is 11.6 Å². The average molecular weight is 516 g/mol. The number of fused-ring (bicyclic) bond motifs is 1. The van der Waals surface area contributed by atoms with Gasteiger partial charge in [0.15, 0.2) is 0 Å². The van der Waals surface area contributed by atoms with Crippen LogP contribution in [0.15, 0.2) is 55.3 Å². The Bertz CT molecular complexity index is 1220. The number of aromatic nitrogens is 1. The second-order valence-electron chi connectivity index (χ2n) is 8.98. The van der Waals surface area contributed by atoms with Gasteiger partial charge in [-0.1, -0.05) is 50.2 Å². The minimum Gasteiger partial charge on any atom is -0.372 e. The summed E-state index contributed by atoms with van der Waals surface area (Å²) in [4.78, 5) is 9.15. The number of hydrogen-bond acceptors (Lipinski definition) is 3. The minimum absolute atomic E-state index is 0.0130. The summed E-state index contributed by atoms with van der Waals surface area (Å²) >= 11 is 6.48. The van der Waals surface area contributed by atoms with Crippen LogP contribution in [0.25, 0.3) is 27.9 Å². The number of pyridine rings is 1. The molecule has 0 saturated carbocycles. The van der Waals surface area contributed by atoms with Crippen LogP contribution in [0.4, 0.5) is 13.2 Å². The van der Waals surface area contributed by atoms with Gasteiger partial charge >= 0.3 is 0 Å². The second-order valence-corrected chi connectivity index (χ2v) is 9.39. The molecule has 0 radical (unpaired) electrons. The minimum atomic E-state index is -0.607. The summed E-state index contributed by atoms with van der Waals surface area (Å²) in [5.41, 5.74) is 4.35. The van der Waals surface area contributed by atoms with Gasteiger partial charge in [-0.25, -0.2) is 13.8 Å². The fourth-order valence-corrected chi connectivity index (χ4v) is 4.24. The number of hydrogen-bond donors (Lipinski definition) is 0. The highest BCUT2D eigenvalue weighted by atomic mass is 35.5. The fraction of sp³-hybridized carbons (Fsp3) is 0.345. The molecule has 192 valence electrons. The van der Waals surface area contributed by atoms with E-state index in [0.717, 1.165) is 61.4 Å². The van der Waals surface area contributed by atoms with Crippen LogP contribution in [0.5, 0.6) is 0 Å². The lowest BCUT2D eigenvalue weighted by molar-refractivity contribution is 0.215. The Morgan fingerprint density at radius 3 is 2.14 bits per heavy atom. The van der Waals surface area contributed by atoms with Crippen molar-refractivity contribution in [3.05, 3.63) is 83.0 Å².